The molecule has 0 aliphatic rings. The average molecular weight is 604 g/mol. The van der Waals surface area contributed by atoms with Crippen molar-refractivity contribution in [1.82, 2.24) is 0 Å². The van der Waals surface area contributed by atoms with Crippen LogP contribution in [-0.4, -0.2) is 33.4 Å². The van der Waals surface area contributed by atoms with E-state index in [4.69, 9.17) is 4.74 Å². The number of halogens is 1. The van der Waals surface area contributed by atoms with E-state index in [-0.39, 0.29) is 21.9 Å². The molecule has 8 nitrogen and oxygen atoms in total. The molecule has 10 heteroatoms. The summed E-state index contributed by atoms with van der Waals surface area (Å²) in [6, 6.07) is 24.6. The van der Waals surface area contributed by atoms with Crippen LogP contribution in [-0.2, 0) is 20.2 Å². The van der Waals surface area contributed by atoms with Gasteiger partial charge in [-0.25, -0.2) is 12.8 Å². The van der Waals surface area contributed by atoms with Gasteiger partial charge in [-0.2, -0.15) is 0 Å². The van der Waals surface area contributed by atoms with Crippen LogP contribution in [0.1, 0.15) is 43.6 Å². The number of nitrogens with zero attached hydrogens (tertiary/aromatic N) is 1. The number of carbonyl (C=O) groups is 2. The molecule has 0 unspecified atom stereocenters. The van der Waals surface area contributed by atoms with Crippen LogP contribution >= 0.6 is 0 Å². The highest BCUT2D eigenvalue weighted by molar-refractivity contribution is 7.92. The fourth-order valence-corrected chi connectivity index (χ4v) is 5.68. The van der Waals surface area contributed by atoms with Gasteiger partial charge >= 0.3 is 0 Å². The summed E-state index contributed by atoms with van der Waals surface area (Å²) in [4.78, 5) is 25.8. The van der Waals surface area contributed by atoms with Gasteiger partial charge in [0.1, 0.15) is 18.1 Å². The number of hydrogen-bond acceptors (Lipinski definition) is 5. The fraction of sp³-hybridized carbons (Fsp3) is 0.212. The van der Waals surface area contributed by atoms with Gasteiger partial charge in [-0.05, 0) is 96.8 Å². The van der Waals surface area contributed by atoms with Crippen LogP contribution in [0.25, 0.3) is 0 Å². The summed E-state index contributed by atoms with van der Waals surface area (Å²) in [6.07, 6.45) is 0. The molecule has 0 heterocycles. The quantitative estimate of drug-likeness (QED) is 0.212. The first-order valence-corrected chi connectivity index (χ1v) is 15.1. The maximum Gasteiger partial charge on any atom is 0.264 e. The molecule has 2 N–H and O–H groups in total. The molecule has 0 saturated carbocycles. The van der Waals surface area contributed by atoms with Crippen molar-refractivity contribution in [2.24, 2.45) is 0 Å². The minimum atomic E-state index is -4.24. The number of rotatable bonds is 10. The molecule has 0 aromatic heterocycles. The molecule has 0 atom stereocenters. The van der Waals surface area contributed by atoms with E-state index in [2.05, 4.69) is 31.4 Å². The van der Waals surface area contributed by atoms with E-state index in [9.17, 15) is 22.4 Å². The Hall–Kier alpha value is -4.70. The van der Waals surface area contributed by atoms with Gasteiger partial charge in [0.2, 0.25) is 5.91 Å². The van der Waals surface area contributed by atoms with E-state index in [1.807, 2.05) is 19.1 Å². The lowest BCUT2D eigenvalue weighted by Gasteiger charge is -2.24. The smallest absolute Gasteiger partial charge is 0.264 e. The van der Waals surface area contributed by atoms with Crippen molar-refractivity contribution in [3.8, 4) is 5.75 Å². The predicted octanol–water partition coefficient (Wildman–Crippen LogP) is 6.61. The van der Waals surface area contributed by atoms with E-state index >= 15 is 0 Å². The summed E-state index contributed by atoms with van der Waals surface area (Å²) in [6.45, 7) is 7.98. The van der Waals surface area contributed by atoms with Gasteiger partial charge in [-0.1, -0.05) is 39.0 Å². The second-order valence-electron chi connectivity index (χ2n) is 10.8. The summed E-state index contributed by atoms with van der Waals surface area (Å²) < 4.78 is 47.1. The van der Waals surface area contributed by atoms with Crippen LogP contribution in [0.3, 0.4) is 0 Å². The number of anilines is 3. The molecule has 4 rings (SSSR count). The van der Waals surface area contributed by atoms with Gasteiger partial charge in [0, 0.05) is 16.9 Å². The Morgan fingerprint density at radius 3 is 2.02 bits per heavy atom. The van der Waals surface area contributed by atoms with Crippen molar-refractivity contribution >= 4 is 38.9 Å². The summed E-state index contributed by atoms with van der Waals surface area (Å²) in [5.41, 5.74) is 2.58. The molecule has 2 amide bonds. The second kappa shape index (κ2) is 13.1. The zero-order chi connectivity index (χ0) is 31.2. The van der Waals surface area contributed by atoms with Crippen LogP contribution in [0.4, 0.5) is 21.5 Å². The third-order valence-electron chi connectivity index (χ3n) is 6.54. The van der Waals surface area contributed by atoms with Crippen molar-refractivity contribution in [3.05, 3.63) is 114 Å². The number of sulfonamides is 1. The third kappa shape index (κ3) is 7.98. The van der Waals surface area contributed by atoms with Gasteiger partial charge in [-0.15, -0.1) is 0 Å². The van der Waals surface area contributed by atoms with Crippen molar-refractivity contribution < 1.29 is 27.1 Å². The third-order valence-corrected chi connectivity index (χ3v) is 8.33. The average Bonchev–Trinajstić information content (AvgIpc) is 2.96. The summed E-state index contributed by atoms with van der Waals surface area (Å²) in [5.74, 6) is -0.978. The number of hydrogen-bond donors (Lipinski definition) is 2. The Labute approximate surface area is 251 Å². The van der Waals surface area contributed by atoms with Gasteiger partial charge in [-0.3, -0.25) is 13.9 Å². The summed E-state index contributed by atoms with van der Waals surface area (Å²) >= 11 is 0. The lowest BCUT2D eigenvalue weighted by atomic mass is 9.87. The number of carbonyl (C=O) groups excluding carboxylic acids is 2. The van der Waals surface area contributed by atoms with Gasteiger partial charge in [0.05, 0.1) is 17.2 Å². The Morgan fingerprint density at radius 1 is 0.837 bits per heavy atom. The lowest BCUT2D eigenvalue weighted by molar-refractivity contribution is -0.114. The molecule has 4 aromatic carbocycles. The standard InChI is InChI=1S/C33H34FN3O5S/c1-5-42-29-17-15-28(16-18-29)37(43(40,41)30-19-13-25(34)14-20-30)22-31(38)35-26-7-6-8-27(21-26)36-32(39)23-9-11-24(12-10-23)33(2,3)4/h6-21H,5,22H2,1-4H3,(H,35,38)(H,36,39). The number of benzene rings is 4. The number of ether oxygens (including phenoxy) is 1. The summed E-state index contributed by atoms with van der Waals surface area (Å²) in [7, 11) is -4.24. The molecule has 0 radical (unpaired) electrons. The SMILES string of the molecule is CCOc1ccc(N(CC(=O)Nc2cccc(NC(=O)c3ccc(C(C)(C)C)cc3)c2)S(=O)(=O)c2ccc(F)cc2)cc1. The monoisotopic (exact) mass is 603 g/mol. The zero-order valence-electron chi connectivity index (χ0n) is 24.4. The fourth-order valence-electron chi connectivity index (χ4n) is 4.25. The van der Waals surface area contributed by atoms with Gasteiger partial charge < -0.3 is 15.4 Å². The van der Waals surface area contributed by atoms with Crippen LogP contribution in [0, 0.1) is 5.82 Å². The van der Waals surface area contributed by atoms with Gasteiger partial charge in [0.15, 0.2) is 0 Å². The maximum absolute atomic E-state index is 13.6. The first kappa shape index (κ1) is 31.2. The van der Waals surface area contributed by atoms with Crippen LogP contribution in [0.2, 0.25) is 0 Å². The van der Waals surface area contributed by atoms with E-state index in [1.54, 1.807) is 48.5 Å². The Bertz CT molecular complexity index is 1680. The molecule has 0 saturated heterocycles. The topological polar surface area (TPSA) is 105 Å². The van der Waals surface area contributed by atoms with E-state index in [1.165, 1.54) is 12.1 Å². The molecular formula is C33H34FN3O5S. The van der Waals surface area contributed by atoms with Gasteiger partial charge in [0.25, 0.3) is 15.9 Å². The largest absolute Gasteiger partial charge is 0.494 e. The molecule has 0 aliphatic carbocycles. The maximum atomic E-state index is 13.6. The Balaban J connectivity index is 1.51. The zero-order valence-corrected chi connectivity index (χ0v) is 25.2. The highest BCUT2D eigenvalue weighted by atomic mass is 32.2. The first-order chi connectivity index (χ1) is 20.4. The van der Waals surface area contributed by atoms with Crippen molar-refractivity contribution in [2.45, 2.75) is 38.0 Å². The van der Waals surface area contributed by atoms with Crippen LogP contribution < -0.4 is 19.7 Å². The van der Waals surface area contributed by atoms with Crippen LogP contribution in [0.15, 0.2) is 102 Å². The molecule has 0 bridgehead atoms. The Morgan fingerprint density at radius 2 is 1.44 bits per heavy atom. The highest BCUT2D eigenvalue weighted by Gasteiger charge is 2.27. The minimum absolute atomic E-state index is 0.0393. The highest BCUT2D eigenvalue weighted by Crippen LogP contribution is 2.27. The summed E-state index contributed by atoms with van der Waals surface area (Å²) in [5, 5.41) is 5.53. The van der Waals surface area contributed by atoms with Crippen molar-refractivity contribution in [3.63, 3.8) is 0 Å². The van der Waals surface area contributed by atoms with Crippen molar-refractivity contribution in [2.75, 3.05) is 28.1 Å². The van der Waals surface area contributed by atoms with Crippen LogP contribution in [0.5, 0.6) is 5.75 Å². The van der Waals surface area contributed by atoms with E-state index in [0.717, 1.165) is 34.1 Å². The predicted molar refractivity (Wildman–Crippen MR) is 167 cm³/mol. The molecule has 224 valence electrons. The first-order valence-electron chi connectivity index (χ1n) is 13.7. The molecule has 0 fully saturated rings. The van der Waals surface area contributed by atoms with Crippen molar-refractivity contribution in [1.29, 1.82) is 0 Å². The van der Waals surface area contributed by atoms with E-state index in [0.29, 0.717) is 29.3 Å². The number of amides is 2. The Kier molecular flexibility index (Phi) is 9.50. The molecule has 43 heavy (non-hydrogen) atoms. The van der Waals surface area contributed by atoms with E-state index < -0.39 is 28.3 Å². The normalized spacial score (nSPS) is 11.5. The molecular weight excluding hydrogens is 569 g/mol. The second-order valence-corrected chi connectivity index (χ2v) is 12.7. The molecule has 0 spiro atoms. The lowest BCUT2D eigenvalue weighted by Crippen LogP contribution is -2.38. The molecule has 4 aromatic rings. The molecule has 0 aliphatic heterocycles. The minimum Gasteiger partial charge on any atom is -0.494 e. The number of nitrogens with one attached hydrogen (secondary N) is 2.